The van der Waals surface area contributed by atoms with Crippen LogP contribution in [0.4, 0.5) is 5.82 Å². The van der Waals surface area contributed by atoms with Gasteiger partial charge in [0.15, 0.2) is 0 Å². The van der Waals surface area contributed by atoms with Gasteiger partial charge in [0.1, 0.15) is 5.82 Å². The van der Waals surface area contributed by atoms with E-state index < -0.39 is 0 Å². The van der Waals surface area contributed by atoms with E-state index in [-0.39, 0.29) is 0 Å². The number of likely N-dealkylation sites (N-methyl/N-ethyl adjacent to an activating group) is 1. The van der Waals surface area contributed by atoms with Gasteiger partial charge in [0.2, 0.25) is 0 Å². The molecule has 0 spiro atoms. The van der Waals surface area contributed by atoms with Crippen LogP contribution in [0, 0.1) is 5.92 Å². The van der Waals surface area contributed by atoms with Gasteiger partial charge in [-0.15, -0.1) is 0 Å². The van der Waals surface area contributed by atoms with Crippen LogP contribution in [0.2, 0.25) is 0 Å². The molecule has 1 saturated heterocycles. The predicted octanol–water partition coefficient (Wildman–Crippen LogP) is 1.61. The highest BCUT2D eigenvalue weighted by Crippen LogP contribution is 2.21. The van der Waals surface area contributed by atoms with Gasteiger partial charge in [-0.3, -0.25) is 0 Å². The summed E-state index contributed by atoms with van der Waals surface area (Å²) < 4.78 is 5.59. The minimum atomic E-state index is 0.432. The molecule has 0 saturated carbocycles. The fraction of sp³-hybridized carbons (Fsp3) is 0.643. The number of hydrogen-bond donors (Lipinski definition) is 2. The molecule has 4 nitrogen and oxygen atoms in total. The fourth-order valence-corrected chi connectivity index (χ4v) is 2.61. The van der Waals surface area contributed by atoms with E-state index in [9.17, 15) is 0 Å². The average molecular weight is 249 g/mol. The van der Waals surface area contributed by atoms with Crippen LogP contribution < -0.4 is 11.1 Å². The monoisotopic (exact) mass is 249 g/mol. The third-order valence-electron chi connectivity index (χ3n) is 3.60. The summed E-state index contributed by atoms with van der Waals surface area (Å²) in [7, 11) is 0. The third-order valence-corrected chi connectivity index (χ3v) is 3.60. The molecule has 1 aliphatic rings. The Labute approximate surface area is 109 Å². The zero-order valence-corrected chi connectivity index (χ0v) is 11.1. The van der Waals surface area contributed by atoms with Gasteiger partial charge in [-0.25, -0.2) is 4.98 Å². The van der Waals surface area contributed by atoms with Gasteiger partial charge < -0.3 is 15.8 Å². The maximum atomic E-state index is 5.92. The van der Waals surface area contributed by atoms with Gasteiger partial charge in [0.05, 0.1) is 6.61 Å². The second-order valence-corrected chi connectivity index (χ2v) is 4.89. The van der Waals surface area contributed by atoms with Crippen molar-refractivity contribution in [2.75, 3.05) is 25.5 Å². The first-order valence-corrected chi connectivity index (χ1v) is 6.81. The van der Waals surface area contributed by atoms with Crippen molar-refractivity contribution < 1.29 is 4.74 Å². The molecule has 100 valence electrons. The van der Waals surface area contributed by atoms with Crippen molar-refractivity contribution >= 4 is 5.82 Å². The van der Waals surface area contributed by atoms with Crippen LogP contribution in [-0.2, 0) is 11.2 Å². The van der Waals surface area contributed by atoms with E-state index in [4.69, 9.17) is 10.5 Å². The Hall–Kier alpha value is -1.13. The number of ether oxygens (including phenoxy) is 1. The largest absolute Gasteiger partial charge is 0.383 e. The first kappa shape index (κ1) is 13.3. The topological polar surface area (TPSA) is 60.2 Å². The number of rotatable bonds is 5. The highest BCUT2D eigenvalue weighted by atomic mass is 16.5. The number of nitrogens with two attached hydrogens (primary N) is 1. The Morgan fingerprint density at radius 1 is 1.61 bits per heavy atom. The first-order chi connectivity index (χ1) is 8.81. The van der Waals surface area contributed by atoms with Crippen molar-refractivity contribution in [2.24, 2.45) is 5.92 Å². The minimum Gasteiger partial charge on any atom is -0.383 e. The molecule has 18 heavy (non-hydrogen) atoms. The van der Waals surface area contributed by atoms with Gasteiger partial charge in [0, 0.05) is 18.8 Å². The number of hydrogen-bond acceptors (Lipinski definition) is 4. The second-order valence-electron chi connectivity index (χ2n) is 4.89. The van der Waals surface area contributed by atoms with E-state index in [2.05, 4.69) is 23.3 Å². The molecule has 0 aliphatic carbocycles. The second kappa shape index (κ2) is 6.71. The van der Waals surface area contributed by atoms with Gasteiger partial charge >= 0.3 is 0 Å². The van der Waals surface area contributed by atoms with E-state index >= 15 is 0 Å². The molecule has 4 heteroatoms. The van der Waals surface area contributed by atoms with E-state index in [1.54, 1.807) is 6.20 Å². The van der Waals surface area contributed by atoms with Crippen molar-refractivity contribution in [1.82, 2.24) is 10.3 Å². The molecule has 0 radical (unpaired) electrons. The highest BCUT2D eigenvalue weighted by Gasteiger charge is 2.24. The fourth-order valence-electron chi connectivity index (χ4n) is 2.61. The van der Waals surface area contributed by atoms with Crippen LogP contribution in [0.3, 0.4) is 0 Å². The molecule has 1 aromatic rings. The van der Waals surface area contributed by atoms with Gasteiger partial charge in [-0.2, -0.15) is 0 Å². The van der Waals surface area contributed by atoms with E-state index in [0.717, 1.165) is 38.2 Å². The van der Waals surface area contributed by atoms with Crippen LogP contribution in [0.15, 0.2) is 18.3 Å². The molecule has 2 heterocycles. The average Bonchev–Trinajstić information content (AvgIpc) is 2.42. The molecule has 2 rings (SSSR count). The number of nitrogens with one attached hydrogen (secondary N) is 1. The zero-order valence-electron chi connectivity index (χ0n) is 11.1. The Morgan fingerprint density at radius 3 is 3.17 bits per heavy atom. The SMILES string of the molecule is CCNC(Cc1cccnc1N)C1CCCOC1. The molecule has 1 fully saturated rings. The number of aromatic nitrogens is 1. The lowest BCUT2D eigenvalue weighted by molar-refractivity contribution is 0.0396. The Bertz CT molecular complexity index is 364. The van der Waals surface area contributed by atoms with Crippen LogP contribution in [-0.4, -0.2) is 30.8 Å². The summed E-state index contributed by atoms with van der Waals surface area (Å²) in [5, 5.41) is 3.56. The van der Waals surface area contributed by atoms with Gasteiger partial charge in [0.25, 0.3) is 0 Å². The minimum absolute atomic E-state index is 0.432. The first-order valence-electron chi connectivity index (χ1n) is 6.81. The van der Waals surface area contributed by atoms with Crippen molar-refractivity contribution in [3.8, 4) is 0 Å². The molecule has 1 aromatic heterocycles. The van der Waals surface area contributed by atoms with Crippen LogP contribution in [0.1, 0.15) is 25.3 Å². The molecule has 2 atom stereocenters. The molecule has 0 aromatic carbocycles. The molecule has 0 bridgehead atoms. The standard InChI is InChI=1S/C14H23N3O/c1-2-16-13(12-6-4-8-18-10-12)9-11-5-3-7-17-14(11)15/h3,5,7,12-13,16H,2,4,6,8-10H2,1H3,(H2,15,17). The maximum absolute atomic E-state index is 5.92. The van der Waals surface area contributed by atoms with Crippen molar-refractivity contribution in [2.45, 2.75) is 32.2 Å². The van der Waals surface area contributed by atoms with Gasteiger partial charge in [-0.1, -0.05) is 13.0 Å². The molecular formula is C14H23N3O. The molecule has 1 aliphatic heterocycles. The summed E-state index contributed by atoms with van der Waals surface area (Å²) >= 11 is 0. The Balaban J connectivity index is 2.03. The summed E-state index contributed by atoms with van der Waals surface area (Å²) in [6, 6.07) is 4.45. The Morgan fingerprint density at radius 2 is 2.50 bits per heavy atom. The smallest absolute Gasteiger partial charge is 0.126 e. The molecule has 0 amide bonds. The summed E-state index contributed by atoms with van der Waals surface area (Å²) in [6.45, 7) is 4.88. The zero-order chi connectivity index (χ0) is 12.8. The Kier molecular flexibility index (Phi) is 4.96. The molecule has 3 N–H and O–H groups in total. The third kappa shape index (κ3) is 3.43. The van der Waals surface area contributed by atoms with Crippen molar-refractivity contribution in [3.05, 3.63) is 23.9 Å². The maximum Gasteiger partial charge on any atom is 0.126 e. The number of nitrogen functional groups attached to an aromatic ring is 1. The quantitative estimate of drug-likeness (QED) is 0.832. The number of anilines is 1. The van der Waals surface area contributed by atoms with E-state index in [1.807, 2.05) is 6.07 Å². The summed E-state index contributed by atoms with van der Waals surface area (Å²) in [5.41, 5.74) is 7.06. The number of pyridine rings is 1. The van der Waals surface area contributed by atoms with E-state index in [0.29, 0.717) is 17.8 Å². The summed E-state index contributed by atoms with van der Waals surface area (Å²) in [5.74, 6) is 1.23. The van der Waals surface area contributed by atoms with Crippen LogP contribution >= 0.6 is 0 Å². The highest BCUT2D eigenvalue weighted by molar-refractivity contribution is 5.39. The summed E-state index contributed by atoms with van der Waals surface area (Å²) in [4.78, 5) is 4.16. The molecule has 2 unspecified atom stereocenters. The lowest BCUT2D eigenvalue weighted by atomic mass is 9.89. The van der Waals surface area contributed by atoms with E-state index in [1.165, 1.54) is 6.42 Å². The van der Waals surface area contributed by atoms with Gasteiger partial charge in [-0.05, 0) is 43.4 Å². The normalized spacial score (nSPS) is 21.7. The van der Waals surface area contributed by atoms with Crippen molar-refractivity contribution in [1.29, 1.82) is 0 Å². The predicted molar refractivity (Wildman–Crippen MR) is 73.4 cm³/mol. The molecular weight excluding hydrogens is 226 g/mol. The van der Waals surface area contributed by atoms with Crippen LogP contribution in [0.5, 0.6) is 0 Å². The summed E-state index contributed by atoms with van der Waals surface area (Å²) in [6.07, 6.45) is 5.07. The lowest BCUT2D eigenvalue weighted by Gasteiger charge is -2.31. The lowest BCUT2D eigenvalue weighted by Crippen LogP contribution is -2.41. The number of nitrogens with zero attached hydrogens (tertiary/aromatic N) is 1. The van der Waals surface area contributed by atoms with Crippen molar-refractivity contribution in [3.63, 3.8) is 0 Å². The van der Waals surface area contributed by atoms with Crippen LogP contribution in [0.25, 0.3) is 0 Å².